The highest BCUT2D eigenvalue weighted by Crippen LogP contribution is 2.31. The van der Waals surface area contributed by atoms with Gasteiger partial charge in [0, 0.05) is 11.4 Å². The molecule has 0 spiro atoms. The topological polar surface area (TPSA) is 87.7 Å². The van der Waals surface area contributed by atoms with E-state index in [1.165, 1.54) is 19.1 Å². The lowest BCUT2D eigenvalue weighted by molar-refractivity contribution is -0.274. The first-order valence-corrected chi connectivity index (χ1v) is 9.76. The molecule has 7 nitrogen and oxygen atoms in total. The highest BCUT2D eigenvalue weighted by molar-refractivity contribution is 7.09. The van der Waals surface area contributed by atoms with Crippen molar-refractivity contribution < 1.29 is 32.3 Å². The lowest BCUT2D eigenvalue weighted by Crippen LogP contribution is -2.43. The smallest absolute Gasteiger partial charge is 0.406 e. The zero-order valence-electron chi connectivity index (χ0n) is 15.8. The van der Waals surface area contributed by atoms with E-state index in [2.05, 4.69) is 15.4 Å². The zero-order chi connectivity index (χ0) is 21.9. The quantitative estimate of drug-likeness (QED) is 0.647. The molecule has 1 atom stereocenters. The van der Waals surface area contributed by atoms with Gasteiger partial charge < -0.3 is 15.4 Å². The van der Waals surface area contributed by atoms with Crippen LogP contribution in [0.1, 0.15) is 17.4 Å². The summed E-state index contributed by atoms with van der Waals surface area (Å²) in [6.45, 7) is 1.32. The van der Waals surface area contributed by atoms with Crippen LogP contribution in [0.2, 0.25) is 0 Å². The molecule has 0 radical (unpaired) electrons. The number of ether oxygens (including phenoxy) is 1. The highest BCUT2D eigenvalue weighted by Gasteiger charge is 2.49. The lowest BCUT2D eigenvalue weighted by Gasteiger charge is -2.22. The van der Waals surface area contributed by atoms with Gasteiger partial charge in [0.05, 0.1) is 0 Å². The maximum atomic E-state index is 12.8. The normalized spacial score (nSPS) is 19.0. The monoisotopic (exact) mass is 441 g/mol. The number of thiophene rings is 1. The van der Waals surface area contributed by atoms with Gasteiger partial charge in [0.1, 0.15) is 17.8 Å². The van der Waals surface area contributed by atoms with Gasteiger partial charge >= 0.3 is 12.4 Å². The molecule has 1 aliphatic rings. The van der Waals surface area contributed by atoms with Gasteiger partial charge in [-0.3, -0.25) is 14.5 Å². The summed E-state index contributed by atoms with van der Waals surface area (Å²) >= 11 is 1.56. The second-order valence-electron chi connectivity index (χ2n) is 6.70. The third-order valence-electron chi connectivity index (χ3n) is 4.52. The lowest BCUT2D eigenvalue weighted by atomic mass is 9.92. The Kier molecular flexibility index (Phi) is 6.01. The number of halogens is 3. The van der Waals surface area contributed by atoms with Crippen LogP contribution in [0.5, 0.6) is 5.75 Å². The molecule has 1 saturated heterocycles. The van der Waals surface area contributed by atoms with Crippen LogP contribution in [0, 0.1) is 0 Å². The van der Waals surface area contributed by atoms with E-state index in [9.17, 15) is 27.6 Å². The van der Waals surface area contributed by atoms with Crippen molar-refractivity contribution in [3.8, 4) is 5.75 Å². The molecule has 2 N–H and O–H groups in total. The van der Waals surface area contributed by atoms with Gasteiger partial charge in [-0.1, -0.05) is 18.2 Å². The molecule has 4 amide bonds. The van der Waals surface area contributed by atoms with Crippen LogP contribution in [0.3, 0.4) is 0 Å². The zero-order valence-corrected chi connectivity index (χ0v) is 16.6. The molecule has 3 rings (SSSR count). The summed E-state index contributed by atoms with van der Waals surface area (Å²) < 4.78 is 40.7. The summed E-state index contributed by atoms with van der Waals surface area (Å²) in [4.78, 5) is 39.1. The number of benzene rings is 1. The van der Waals surface area contributed by atoms with Crippen molar-refractivity contribution in [1.29, 1.82) is 0 Å². The number of rotatable bonds is 7. The fraction of sp³-hybridized carbons (Fsp3) is 0.316. The molecular weight excluding hydrogens is 423 g/mol. The van der Waals surface area contributed by atoms with Gasteiger partial charge in [0.15, 0.2) is 0 Å². The minimum atomic E-state index is -4.84. The van der Waals surface area contributed by atoms with Crippen molar-refractivity contribution in [1.82, 2.24) is 15.5 Å². The second-order valence-corrected chi connectivity index (χ2v) is 7.73. The molecule has 0 bridgehead atoms. The van der Waals surface area contributed by atoms with Crippen molar-refractivity contribution in [2.45, 2.75) is 25.2 Å². The molecule has 11 heteroatoms. The minimum absolute atomic E-state index is 0.260. The third-order valence-corrected chi connectivity index (χ3v) is 5.45. The summed E-state index contributed by atoms with van der Waals surface area (Å²) in [5, 5.41) is 7.07. The van der Waals surface area contributed by atoms with E-state index in [1.54, 1.807) is 11.3 Å². The maximum Gasteiger partial charge on any atom is 0.573 e. The van der Waals surface area contributed by atoms with E-state index in [4.69, 9.17) is 0 Å². The number of urea groups is 1. The van der Waals surface area contributed by atoms with E-state index in [-0.39, 0.29) is 5.56 Å². The molecule has 1 unspecified atom stereocenters. The number of hydrogen-bond acceptors (Lipinski definition) is 5. The maximum absolute atomic E-state index is 12.8. The molecule has 0 saturated carbocycles. The number of carbonyl (C=O) groups is 3. The number of nitrogens with one attached hydrogen (secondary N) is 2. The number of imide groups is 1. The predicted octanol–water partition coefficient (Wildman–Crippen LogP) is 2.77. The number of amides is 4. The Labute approximate surface area is 173 Å². The van der Waals surface area contributed by atoms with Crippen LogP contribution >= 0.6 is 11.3 Å². The Morgan fingerprint density at radius 1 is 1.23 bits per heavy atom. The first-order chi connectivity index (χ1) is 14.1. The Morgan fingerprint density at radius 2 is 1.93 bits per heavy atom. The van der Waals surface area contributed by atoms with Crippen LogP contribution in [-0.2, 0) is 21.5 Å². The average molecular weight is 441 g/mol. The Bertz CT molecular complexity index is 932. The molecule has 1 aromatic carbocycles. The molecule has 1 aromatic heterocycles. The molecule has 0 aliphatic carbocycles. The molecule has 160 valence electrons. The first kappa shape index (κ1) is 21.6. The van der Waals surface area contributed by atoms with E-state index < -0.39 is 42.0 Å². The minimum Gasteiger partial charge on any atom is -0.406 e. The third kappa shape index (κ3) is 4.90. The number of carbonyl (C=O) groups excluding carboxylic acids is 3. The molecule has 2 heterocycles. The highest BCUT2D eigenvalue weighted by atomic mass is 32.1. The first-order valence-electron chi connectivity index (χ1n) is 8.88. The fourth-order valence-electron chi connectivity index (χ4n) is 3.01. The molecular formula is C19H18F3N3O4S. The molecule has 2 aromatic rings. The van der Waals surface area contributed by atoms with Gasteiger partial charge in [-0.25, -0.2) is 4.79 Å². The summed E-state index contributed by atoms with van der Waals surface area (Å²) in [6, 6.07) is 7.68. The average Bonchev–Trinajstić information content (AvgIpc) is 3.24. The fourth-order valence-corrected chi connectivity index (χ4v) is 3.71. The number of alkyl halides is 3. The van der Waals surface area contributed by atoms with Crippen molar-refractivity contribution in [3.63, 3.8) is 0 Å². The summed E-state index contributed by atoms with van der Waals surface area (Å²) in [5.41, 5.74) is -1.25. The summed E-state index contributed by atoms with van der Waals surface area (Å²) in [6.07, 6.45) is -4.20. The Balaban J connectivity index is 1.62. The Hall–Kier alpha value is -3.08. The predicted molar refractivity (Wildman–Crippen MR) is 102 cm³/mol. The van der Waals surface area contributed by atoms with Gasteiger partial charge in [-0.05, 0) is 42.5 Å². The van der Waals surface area contributed by atoms with E-state index in [0.717, 1.165) is 21.9 Å². The molecule has 1 aliphatic heterocycles. The van der Waals surface area contributed by atoms with E-state index >= 15 is 0 Å². The van der Waals surface area contributed by atoms with Crippen molar-refractivity contribution in [3.05, 3.63) is 52.2 Å². The Morgan fingerprint density at radius 3 is 2.53 bits per heavy atom. The van der Waals surface area contributed by atoms with E-state index in [1.807, 2.05) is 17.5 Å². The van der Waals surface area contributed by atoms with Gasteiger partial charge in [-0.15, -0.1) is 24.5 Å². The van der Waals surface area contributed by atoms with Crippen molar-refractivity contribution in [2.75, 3.05) is 13.1 Å². The molecule has 1 fully saturated rings. The largest absolute Gasteiger partial charge is 0.573 e. The van der Waals surface area contributed by atoms with Crippen molar-refractivity contribution >= 4 is 29.2 Å². The number of hydrogen-bond donors (Lipinski definition) is 2. The van der Waals surface area contributed by atoms with Crippen molar-refractivity contribution in [2.24, 2.45) is 0 Å². The van der Waals surface area contributed by atoms with Gasteiger partial charge in [0.2, 0.25) is 5.91 Å². The van der Waals surface area contributed by atoms with Gasteiger partial charge in [0.25, 0.3) is 5.91 Å². The standard InChI is InChI=1S/C19H18F3N3O4S/c1-18(12-4-6-13(7-5-12)29-19(20,21)22)16(27)25(17(28)24-18)11-15(26)23-9-8-14-3-2-10-30-14/h2-7,10H,8-9,11H2,1H3,(H,23,26)(H,24,28). The van der Waals surface area contributed by atoms with Gasteiger partial charge in [-0.2, -0.15) is 0 Å². The van der Waals surface area contributed by atoms with Crippen LogP contribution in [0.15, 0.2) is 41.8 Å². The molecule has 30 heavy (non-hydrogen) atoms. The summed E-state index contributed by atoms with van der Waals surface area (Å²) in [5.74, 6) is -1.62. The van der Waals surface area contributed by atoms with Crippen LogP contribution in [-0.4, -0.2) is 42.2 Å². The summed E-state index contributed by atoms with van der Waals surface area (Å²) in [7, 11) is 0. The van der Waals surface area contributed by atoms with E-state index in [0.29, 0.717) is 13.0 Å². The second kappa shape index (κ2) is 8.34. The van der Waals surface area contributed by atoms with Crippen LogP contribution in [0.25, 0.3) is 0 Å². The SMILES string of the molecule is CC1(c2ccc(OC(F)(F)F)cc2)NC(=O)N(CC(=O)NCCc2cccs2)C1=O. The van der Waals surface area contributed by atoms with Crippen LogP contribution in [0.4, 0.5) is 18.0 Å². The number of nitrogens with zero attached hydrogens (tertiary/aromatic N) is 1. The van der Waals surface area contributed by atoms with Crippen LogP contribution < -0.4 is 15.4 Å².